The molecule has 0 radical (unpaired) electrons. The van der Waals surface area contributed by atoms with E-state index in [0.717, 1.165) is 17.5 Å². The third kappa shape index (κ3) is 5.22. The Morgan fingerprint density at radius 2 is 1.86 bits per heavy atom. The molecule has 0 saturated carbocycles. The molecule has 2 aromatic carbocycles. The normalized spacial score (nSPS) is 18.9. The quantitative estimate of drug-likeness (QED) is 0.797. The van der Waals surface area contributed by atoms with Gasteiger partial charge in [0.2, 0.25) is 5.91 Å². The lowest BCUT2D eigenvalue weighted by Crippen LogP contribution is -2.36. The Morgan fingerprint density at radius 1 is 1.14 bits per heavy atom. The van der Waals surface area contributed by atoms with Gasteiger partial charge in [-0.05, 0) is 49.1 Å². The topological polar surface area (TPSA) is 49.4 Å². The Labute approximate surface area is 172 Å². The number of benzene rings is 2. The molecule has 5 heteroatoms. The number of carbonyl (C=O) groups is 2. The molecule has 0 unspecified atom stereocenters. The van der Waals surface area contributed by atoms with Crippen LogP contribution >= 0.6 is 0 Å². The highest BCUT2D eigenvalue weighted by Crippen LogP contribution is 2.34. The van der Waals surface area contributed by atoms with E-state index in [1.165, 1.54) is 12.1 Å². The number of amides is 2. The number of rotatable bonds is 6. The molecule has 0 spiro atoms. The van der Waals surface area contributed by atoms with Gasteiger partial charge in [-0.1, -0.05) is 43.7 Å². The summed E-state index contributed by atoms with van der Waals surface area (Å²) in [5.41, 5.74) is 2.45. The van der Waals surface area contributed by atoms with E-state index >= 15 is 0 Å². The van der Waals surface area contributed by atoms with Gasteiger partial charge in [-0.2, -0.15) is 0 Å². The van der Waals surface area contributed by atoms with Gasteiger partial charge in [-0.15, -0.1) is 0 Å². The maximum atomic E-state index is 13.8. The van der Waals surface area contributed by atoms with Crippen LogP contribution in [-0.4, -0.2) is 36.3 Å². The van der Waals surface area contributed by atoms with Crippen LogP contribution in [0.2, 0.25) is 0 Å². The van der Waals surface area contributed by atoms with E-state index in [1.807, 2.05) is 37.3 Å². The second kappa shape index (κ2) is 9.21. The molecule has 2 atom stereocenters. The minimum atomic E-state index is -0.390. The van der Waals surface area contributed by atoms with Gasteiger partial charge >= 0.3 is 0 Å². The van der Waals surface area contributed by atoms with Crippen molar-refractivity contribution in [3.8, 4) is 0 Å². The molecule has 3 rings (SSSR count). The lowest BCUT2D eigenvalue weighted by atomic mass is 9.88. The zero-order chi connectivity index (χ0) is 21.0. The Balaban J connectivity index is 1.80. The van der Waals surface area contributed by atoms with E-state index < -0.39 is 5.92 Å². The number of hydrogen-bond acceptors (Lipinski definition) is 2. The molecule has 2 amide bonds. The molecular formula is C24H29FN2O2. The fourth-order valence-electron chi connectivity index (χ4n) is 3.80. The first-order chi connectivity index (χ1) is 13.8. The first-order valence-electron chi connectivity index (χ1n) is 10.2. The molecule has 1 fully saturated rings. The monoisotopic (exact) mass is 396 g/mol. The molecule has 154 valence electrons. The third-order valence-corrected chi connectivity index (χ3v) is 5.54. The Hall–Kier alpha value is -2.69. The molecule has 0 aliphatic carbocycles. The van der Waals surface area contributed by atoms with Crippen LogP contribution in [0.1, 0.15) is 47.7 Å². The van der Waals surface area contributed by atoms with Crippen LogP contribution in [0.4, 0.5) is 4.39 Å². The van der Waals surface area contributed by atoms with Crippen LogP contribution < -0.4 is 5.32 Å². The van der Waals surface area contributed by atoms with E-state index in [4.69, 9.17) is 0 Å². The number of hydrogen-bond donors (Lipinski definition) is 1. The van der Waals surface area contributed by atoms with Gasteiger partial charge in [0.1, 0.15) is 5.82 Å². The van der Waals surface area contributed by atoms with Crippen molar-refractivity contribution in [3.63, 3.8) is 0 Å². The molecular weight excluding hydrogens is 367 g/mol. The van der Waals surface area contributed by atoms with Gasteiger partial charge in [0.05, 0.1) is 5.92 Å². The number of nitrogens with one attached hydrogen (secondary N) is 1. The van der Waals surface area contributed by atoms with Crippen molar-refractivity contribution in [2.24, 2.45) is 11.8 Å². The van der Waals surface area contributed by atoms with Crippen molar-refractivity contribution >= 4 is 11.8 Å². The van der Waals surface area contributed by atoms with Crippen molar-refractivity contribution in [1.82, 2.24) is 10.2 Å². The summed E-state index contributed by atoms with van der Waals surface area (Å²) in [7, 11) is 0. The summed E-state index contributed by atoms with van der Waals surface area (Å²) in [5, 5.41) is 3.01. The summed E-state index contributed by atoms with van der Waals surface area (Å²) >= 11 is 0. The maximum Gasteiger partial charge on any atom is 0.253 e. The second-order valence-electron chi connectivity index (χ2n) is 8.32. The van der Waals surface area contributed by atoms with Crippen molar-refractivity contribution in [2.45, 2.75) is 33.1 Å². The number of likely N-dealkylation sites (tertiary alicyclic amines) is 1. The second-order valence-corrected chi connectivity index (χ2v) is 8.32. The van der Waals surface area contributed by atoms with Crippen molar-refractivity contribution < 1.29 is 14.0 Å². The summed E-state index contributed by atoms with van der Waals surface area (Å²) in [6, 6.07) is 13.8. The third-order valence-electron chi connectivity index (χ3n) is 5.54. The summed E-state index contributed by atoms with van der Waals surface area (Å²) in [6.07, 6.45) is 0.898. The number of aryl methyl sites for hydroxylation is 1. The van der Waals surface area contributed by atoms with Crippen molar-refractivity contribution in [1.29, 1.82) is 0 Å². The molecule has 0 bridgehead atoms. The fraction of sp³-hybridized carbons (Fsp3) is 0.417. The Bertz CT molecular complexity index is 863. The summed E-state index contributed by atoms with van der Waals surface area (Å²) in [5.74, 6) is -0.609. The van der Waals surface area contributed by atoms with Crippen LogP contribution in [0.15, 0.2) is 48.5 Å². The van der Waals surface area contributed by atoms with E-state index in [9.17, 15) is 14.0 Å². The maximum absolute atomic E-state index is 13.8. The van der Waals surface area contributed by atoms with Crippen LogP contribution in [0.25, 0.3) is 0 Å². The summed E-state index contributed by atoms with van der Waals surface area (Å²) in [4.78, 5) is 27.6. The van der Waals surface area contributed by atoms with Crippen LogP contribution in [0.3, 0.4) is 0 Å². The van der Waals surface area contributed by atoms with Gasteiger partial charge < -0.3 is 10.2 Å². The van der Waals surface area contributed by atoms with Crippen molar-refractivity contribution in [3.05, 3.63) is 71.0 Å². The van der Waals surface area contributed by atoms with Crippen LogP contribution in [-0.2, 0) is 4.79 Å². The first kappa shape index (κ1) is 21.0. The predicted octanol–water partition coefficient (Wildman–Crippen LogP) is 4.15. The average Bonchev–Trinajstić information content (AvgIpc) is 3.13. The largest absolute Gasteiger partial charge is 0.356 e. The predicted molar refractivity (Wildman–Crippen MR) is 112 cm³/mol. The lowest BCUT2D eigenvalue weighted by Gasteiger charge is -2.18. The zero-order valence-corrected chi connectivity index (χ0v) is 17.3. The highest BCUT2D eigenvalue weighted by Gasteiger charge is 2.40. The molecule has 0 aromatic heterocycles. The Kier molecular flexibility index (Phi) is 6.68. The van der Waals surface area contributed by atoms with Gasteiger partial charge in [-0.25, -0.2) is 4.39 Å². The smallest absolute Gasteiger partial charge is 0.253 e. The lowest BCUT2D eigenvalue weighted by molar-refractivity contribution is -0.124. The van der Waals surface area contributed by atoms with Crippen LogP contribution in [0.5, 0.6) is 0 Å². The van der Waals surface area contributed by atoms with E-state index in [2.05, 4.69) is 19.2 Å². The highest BCUT2D eigenvalue weighted by molar-refractivity contribution is 5.95. The standard InChI is InChI=1S/C24H29FN2O2/c1-16(2)11-12-26-23(28)22-15-27(24(29)18-9-7-17(3)8-10-18)14-21(22)19-5-4-6-20(25)13-19/h4-10,13,16,21-22H,11-12,14-15H2,1-3H3,(H,26,28)/t21-,22-/m0/s1. The molecule has 29 heavy (non-hydrogen) atoms. The fourth-order valence-corrected chi connectivity index (χ4v) is 3.80. The van der Waals surface area contributed by atoms with Gasteiger partial charge in [-0.3, -0.25) is 9.59 Å². The number of carbonyl (C=O) groups excluding carboxylic acids is 2. The Morgan fingerprint density at radius 3 is 2.52 bits per heavy atom. The molecule has 1 saturated heterocycles. The molecule has 1 N–H and O–H groups in total. The zero-order valence-electron chi connectivity index (χ0n) is 17.3. The van der Waals surface area contributed by atoms with Crippen LogP contribution in [0, 0.1) is 24.6 Å². The molecule has 4 nitrogen and oxygen atoms in total. The molecule has 1 aliphatic heterocycles. The minimum Gasteiger partial charge on any atom is -0.356 e. The summed E-state index contributed by atoms with van der Waals surface area (Å²) in [6.45, 7) is 7.54. The number of halogens is 1. The number of nitrogens with zero attached hydrogens (tertiary/aromatic N) is 1. The summed E-state index contributed by atoms with van der Waals surface area (Å²) < 4.78 is 13.8. The van der Waals surface area contributed by atoms with Crippen molar-refractivity contribution in [2.75, 3.05) is 19.6 Å². The molecule has 1 heterocycles. The van der Waals surface area contributed by atoms with Gasteiger partial charge in [0.15, 0.2) is 0 Å². The highest BCUT2D eigenvalue weighted by atomic mass is 19.1. The molecule has 2 aromatic rings. The average molecular weight is 397 g/mol. The molecule has 1 aliphatic rings. The SMILES string of the molecule is Cc1ccc(C(=O)N2C[C@H](C(=O)NCCC(C)C)[C@H](c3cccc(F)c3)C2)cc1. The van der Waals surface area contributed by atoms with E-state index in [1.54, 1.807) is 11.0 Å². The van der Waals surface area contributed by atoms with Gasteiger partial charge in [0, 0.05) is 31.1 Å². The van der Waals surface area contributed by atoms with E-state index in [0.29, 0.717) is 31.1 Å². The first-order valence-corrected chi connectivity index (χ1v) is 10.2. The van der Waals surface area contributed by atoms with E-state index in [-0.39, 0.29) is 23.5 Å². The minimum absolute atomic E-state index is 0.0703. The van der Waals surface area contributed by atoms with Gasteiger partial charge in [0.25, 0.3) is 5.91 Å².